The van der Waals surface area contributed by atoms with E-state index in [0.29, 0.717) is 0 Å². The molecule has 1 aliphatic carbocycles. The van der Waals surface area contributed by atoms with Crippen LogP contribution in [0.1, 0.15) is 11.1 Å². The maximum absolute atomic E-state index is 10.7. The van der Waals surface area contributed by atoms with Gasteiger partial charge in [-0.1, -0.05) is 36.0 Å². The number of thioether (sulfide) groups is 1. The predicted octanol–water partition coefficient (Wildman–Crippen LogP) is 8.75. The molecule has 0 bridgehead atoms. The number of morpholine rings is 1. The number of nitrogens with zero attached hydrogens (tertiary/aromatic N) is 2. The molecule has 2 heterocycles. The molecule has 2 aliphatic heterocycles. The molecule has 0 saturated carbocycles. The van der Waals surface area contributed by atoms with Crippen LogP contribution in [0.5, 0.6) is 0 Å². The molecule has 41 heavy (non-hydrogen) atoms. The minimum absolute atomic E-state index is 0.781. The van der Waals surface area contributed by atoms with Gasteiger partial charge in [0.15, 0.2) is 5.71 Å². The van der Waals surface area contributed by atoms with E-state index < -0.39 is 7.81 Å². The quantitative estimate of drug-likeness (QED) is 0.163. The number of halogens is 6. The normalized spacial score (nSPS) is 19.0. The number of nitrogens with two attached hydrogens (primary N) is 1. The van der Waals surface area contributed by atoms with Crippen LogP contribution in [0.4, 0.5) is 36.6 Å². The first kappa shape index (κ1) is 30.7. The van der Waals surface area contributed by atoms with Crippen LogP contribution in [-0.4, -0.2) is 50.7 Å². The number of anilines is 2. The summed E-state index contributed by atoms with van der Waals surface area (Å²) in [5.74, 6) is 0. The number of benzene rings is 2. The van der Waals surface area contributed by atoms with Gasteiger partial charge in [-0.3, -0.25) is 0 Å². The van der Waals surface area contributed by atoms with Crippen molar-refractivity contribution >= 4 is 46.5 Å². The van der Waals surface area contributed by atoms with Crippen LogP contribution >= 0.6 is 19.6 Å². The van der Waals surface area contributed by atoms with Crippen molar-refractivity contribution in [3.63, 3.8) is 0 Å². The molecule has 3 aliphatic rings. The number of hydrogen-bond donors (Lipinski definition) is 1. The first-order chi connectivity index (χ1) is 19.0. The summed E-state index contributed by atoms with van der Waals surface area (Å²) < 4.78 is 66.8. The Bertz CT molecular complexity index is 1450. The Labute approximate surface area is 239 Å². The van der Waals surface area contributed by atoms with Gasteiger partial charge in [-0.2, -0.15) is 0 Å². The van der Waals surface area contributed by atoms with Crippen LogP contribution in [0, 0.1) is 0 Å². The molecule has 0 spiro atoms. The van der Waals surface area contributed by atoms with E-state index >= 15 is 0 Å². The number of hydrogen-bond acceptors (Lipinski definition) is 4. The maximum atomic E-state index is 9.87. The Morgan fingerprint density at radius 3 is 1.66 bits per heavy atom. The van der Waals surface area contributed by atoms with Gasteiger partial charge in [0.25, 0.3) is 0 Å². The standard InChI is InChI=1S/C29H29N3OS.F6P/c1-31(2)26-11-5-21(6-12-26)24-19-28(22-3-9-25(30)10-4-22)34-29(20-24)23-7-13-27(14-8-23)32-15-17-33-18-16-32;1-7(2,3,4,5)6/h3-14,19-20,30H,15-18H2,1-2H3;/q;-1/p+1. The van der Waals surface area contributed by atoms with Gasteiger partial charge in [-0.05, 0) is 70.8 Å². The van der Waals surface area contributed by atoms with Crippen molar-refractivity contribution in [2.75, 3.05) is 51.0 Å². The van der Waals surface area contributed by atoms with E-state index in [1.54, 1.807) is 0 Å². The third-order valence-corrected chi connectivity index (χ3v) is 7.38. The molecule has 12 heteroatoms. The third-order valence-electron chi connectivity index (χ3n) is 6.23. The first-order valence-electron chi connectivity index (χ1n) is 12.6. The Morgan fingerprint density at radius 1 is 0.732 bits per heavy atom. The summed E-state index contributed by atoms with van der Waals surface area (Å²) in [5.41, 5.74) is 14.0. The second kappa shape index (κ2) is 11.2. The van der Waals surface area contributed by atoms with Gasteiger partial charge in [0.05, 0.1) is 13.2 Å². The fraction of sp³-hybridized carbons (Fsp3) is 0.207. The van der Waals surface area contributed by atoms with Crippen molar-refractivity contribution < 1.29 is 34.5 Å². The number of nitrogen functional groups attached to an aromatic ring is 1. The molecule has 0 atom stereocenters. The summed E-state index contributed by atoms with van der Waals surface area (Å²) in [6, 6.07) is 17.1. The van der Waals surface area contributed by atoms with Gasteiger partial charge in [0.2, 0.25) is 0 Å². The molecule has 4 nitrogen and oxygen atoms in total. The van der Waals surface area contributed by atoms with E-state index in [2.05, 4.69) is 96.4 Å². The second-order valence-electron chi connectivity index (χ2n) is 9.74. The van der Waals surface area contributed by atoms with Crippen molar-refractivity contribution in [1.82, 2.24) is 0 Å². The third kappa shape index (κ3) is 9.95. The van der Waals surface area contributed by atoms with E-state index in [4.69, 9.17) is 10.5 Å². The molecule has 2 aromatic carbocycles. The molecule has 220 valence electrons. The Hall–Kier alpha value is -3.27. The van der Waals surface area contributed by atoms with Gasteiger partial charge in [0.1, 0.15) is 14.1 Å². The van der Waals surface area contributed by atoms with Gasteiger partial charge in [-0.25, -0.2) is 4.58 Å². The summed E-state index contributed by atoms with van der Waals surface area (Å²) >= 11 is 1.81. The zero-order valence-electron chi connectivity index (χ0n) is 22.4. The van der Waals surface area contributed by atoms with E-state index in [0.717, 1.165) is 32.0 Å². The van der Waals surface area contributed by atoms with Crippen molar-refractivity contribution in [3.8, 4) is 0 Å². The first-order valence-corrected chi connectivity index (χ1v) is 15.5. The monoisotopic (exact) mass is 613 g/mol. The van der Waals surface area contributed by atoms with Crippen LogP contribution in [0.2, 0.25) is 0 Å². The fourth-order valence-corrected chi connectivity index (χ4v) is 5.33. The van der Waals surface area contributed by atoms with E-state index in [-0.39, 0.29) is 0 Å². The molecule has 0 aromatic heterocycles. The van der Waals surface area contributed by atoms with Crippen LogP contribution in [0.25, 0.3) is 9.81 Å². The van der Waals surface area contributed by atoms with E-state index in [1.165, 1.54) is 43.5 Å². The molecule has 0 unspecified atom stereocenters. The Morgan fingerprint density at radius 2 is 1.20 bits per heavy atom. The Kier molecular flexibility index (Phi) is 8.38. The predicted molar refractivity (Wildman–Crippen MR) is 160 cm³/mol. The molecular formula is C29H30F6N3OPS. The topological polar surface area (TPSA) is 41.5 Å². The SMILES string of the molecule is C[N+](C)=C1C=CC(=C2C=C(c3ccc(N)cc3)SC(c3ccc(N4CCOCC4)cc3)=C2)C=C1.F[P-](F)(F)(F)(F)F. The number of allylic oxidation sites excluding steroid dienone is 8. The molecule has 1 fully saturated rings. The van der Waals surface area contributed by atoms with Gasteiger partial charge >= 0.3 is 33.0 Å². The molecule has 2 N–H and O–H groups in total. The number of ether oxygens (including phenoxy) is 1. The zero-order chi connectivity index (χ0) is 29.9. The summed E-state index contributed by atoms with van der Waals surface area (Å²) in [6.45, 7) is 3.48. The molecule has 1 saturated heterocycles. The van der Waals surface area contributed by atoms with Crippen molar-refractivity contribution in [2.24, 2.45) is 0 Å². The van der Waals surface area contributed by atoms with Crippen LogP contribution < -0.4 is 10.6 Å². The Balaban J connectivity index is 0.000000493. The van der Waals surface area contributed by atoms with Crippen LogP contribution in [0.15, 0.2) is 96.1 Å². The molecule has 2 aromatic rings. The average molecular weight is 614 g/mol. The van der Waals surface area contributed by atoms with Gasteiger partial charge in [-0.15, -0.1) is 0 Å². The van der Waals surface area contributed by atoms with Gasteiger partial charge < -0.3 is 15.4 Å². The summed E-state index contributed by atoms with van der Waals surface area (Å²) in [7, 11) is -6.52. The van der Waals surface area contributed by atoms with E-state index in [1.807, 2.05) is 23.9 Å². The average Bonchev–Trinajstić information content (AvgIpc) is 2.92. The second-order valence-corrected chi connectivity index (χ2v) is 12.7. The van der Waals surface area contributed by atoms with Crippen molar-refractivity contribution in [1.29, 1.82) is 0 Å². The molecule has 0 radical (unpaired) electrons. The summed E-state index contributed by atoms with van der Waals surface area (Å²) in [5, 5.41) is 0. The zero-order valence-corrected chi connectivity index (χ0v) is 24.1. The van der Waals surface area contributed by atoms with Crippen molar-refractivity contribution in [2.45, 2.75) is 0 Å². The van der Waals surface area contributed by atoms with Crippen LogP contribution in [-0.2, 0) is 4.74 Å². The van der Waals surface area contributed by atoms with Crippen LogP contribution in [0.3, 0.4) is 0 Å². The summed E-state index contributed by atoms with van der Waals surface area (Å²) in [4.78, 5) is 4.86. The summed E-state index contributed by atoms with van der Waals surface area (Å²) in [6.07, 6.45) is 13.3. The number of rotatable bonds is 3. The molecule has 5 rings (SSSR count). The fourth-order valence-electron chi connectivity index (χ4n) is 4.21. The van der Waals surface area contributed by atoms with Gasteiger partial charge in [0, 0.05) is 46.4 Å². The molecule has 0 amide bonds. The van der Waals surface area contributed by atoms with Crippen molar-refractivity contribution in [3.05, 3.63) is 107 Å². The van der Waals surface area contributed by atoms with E-state index in [9.17, 15) is 25.2 Å². The minimum atomic E-state index is -10.7. The molecular weight excluding hydrogens is 583 g/mol.